The van der Waals surface area contributed by atoms with Crippen LogP contribution >= 0.6 is 0 Å². The summed E-state index contributed by atoms with van der Waals surface area (Å²) in [4.78, 5) is 13.5. The van der Waals surface area contributed by atoms with Crippen LogP contribution in [0.25, 0.3) is 0 Å². The summed E-state index contributed by atoms with van der Waals surface area (Å²) >= 11 is 0. The van der Waals surface area contributed by atoms with Crippen molar-refractivity contribution in [2.24, 2.45) is 11.8 Å². The number of carbonyl (C=O) groups excluding carboxylic acids is 1. The number of nitrogens with zero attached hydrogens (tertiary/aromatic N) is 2. The zero-order valence-electron chi connectivity index (χ0n) is 19.4. The number of sulfonamides is 1. The Balaban J connectivity index is 2.04. The fourth-order valence-electron chi connectivity index (χ4n) is 4.18. The molecule has 1 aromatic rings. The van der Waals surface area contributed by atoms with E-state index in [1.807, 2.05) is 6.92 Å². The molecule has 176 valence electrons. The lowest BCUT2D eigenvalue weighted by Crippen LogP contribution is -2.50. The highest BCUT2D eigenvalue weighted by molar-refractivity contribution is 7.89. The summed E-state index contributed by atoms with van der Waals surface area (Å²) in [7, 11) is -2.18. The second-order valence-electron chi connectivity index (χ2n) is 9.05. The molecule has 1 heterocycles. The number of ether oxygens (including phenoxy) is 1. The number of fused-ring (bicyclic) bond motifs is 1. The molecule has 0 unspecified atom stereocenters. The molecule has 1 fully saturated rings. The minimum atomic E-state index is -3.88. The highest BCUT2D eigenvalue weighted by atomic mass is 32.2. The normalized spacial score (nSPS) is 24.3. The lowest BCUT2D eigenvalue weighted by atomic mass is 10.0. The molecule has 1 amide bonds. The van der Waals surface area contributed by atoms with Gasteiger partial charge in [-0.2, -0.15) is 4.31 Å². The van der Waals surface area contributed by atoms with E-state index in [0.29, 0.717) is 18.0 Å². The molecule has 2 aliphatic rings. The van der Waals surface area contributed by atoms with Crippen LogP contribution in [0.15, 0.2) is 23.1 Å². The van der Waals surface area contributed by atoms with E-state index in [9.17, 15) is 18.3 Å². The first-order valence-corrected chi connectivity index (χ1v) is 12.7. The summed E-state index contributed by atoms with van der Waals surface area (Å²) < 4.78 is 34.5. The first kappa shape index (κ1) is 24.6. The van der Waals surface area contributed by atoms with E-state index >= 15 is 0 Å². The first-order chi connectivity index (χ1) is 15.1. The smallest absolute Gasteiger partial charge is 0.247 e. The van der Waals surface area contributed by atoms with Gasteiger partial charge in [0.1, 0.15) is 16.7 Å². The molecule has 8 heteroatoms. The molecule has 0 aromatic heterocycles. The van der Waals surface area contributed by atoms with E-state index in [2.05, 4.69) is 11.8 Å². The number of benzene rings is 1. The third-order valence-corrected chi connectivity index (χ3v) is 8.45. The molecule has 7 nitrogen and oxygen atoms in total. The van der Waals surface area contributed by atoms with Crippen molar-refractivity contribution in [3.05, 3.63) is 23.8 Å². The Hall–Kier alpha value is -2.08. The van der Waals surface area contributed by atoms with Gasteiger partial charge in [-0.25, -0.2) is 8.42 Å². The van der Waals surface area contributed by atoms with Gasteiger partial charge in [-0.3, -0.25) is 4.79 Å². The minimum Gasteiger partial charge on any atom is -0.487 e. The van der Waals surface area contributed by atoms with Crippen LogP contribution in [0.2, 0.25) is 0 Å². The number of hydrogen-bond donors (Lipinski definition) is 1. The molecular weight excluding hydrogens is 428 g/mol. The molecule has 0 saturated heterocycles. The van der Waals surface area contributed by atoms with Gasteiger partial charge < -0.3 is 14.7 Å². The second kappa shape index (κ2) is 10.2. The highest BCUT2D eigenvalue weighted by Gasteiger charge is 2.38. The van der Waals surface area contributed by atoms with Gasteiger partial charge in [0.2, 0.25) is 15.9 Å². The Morgan fingerprint density at radius 1 is 1.34 bits per heavy atom. The topological polar surface area (TPSA) is 87.2 Å². The molecule has 1 aromatic carbocycles. The zero-order chi connectivity index (χ0) is 23.5. The van der Waals surface area contributed by atoms with E-state index in [4.69, 9.17) is 4.74 Å². The molecule has 1 N–H and O–H groups in total. The van der Waals surface area contributed by atoms with Crippen molar-refractivity contribution in [2.45, 2.75) is 63.5 Å². The molecule has 0 bridgehead atoms. The molecule has 3 atom stereocenters. The predicted octanol–water partition coefficient (Wildman–Crippen LogP) is 2.48. The number of hydrogen-bond acceptors (Lipinski definition) is 5. The summed E-state index contributed by atoms with van der Waals surface area (Å²) in [5, 5.41) is 9.71. The number of amides is 1. The standard InChI is InChI=1S/C24H34N2O5S/c1-17-14-26(18(2)16-27)32(29,30)24-12-11-21(10-9-20-7-5-6-8-20)13-22(24)31-23(17)15-25(4)19(3)28/h11-13,17-18,20,23,27H,5-8,14-16H2,1-4H3/t17-,18+,23-/m0/s1. The van der Waals surface area contributed by atoms with Crippen molar-refractivity contribution in [2.75, 3.05) is 26.7 Å². The van der Waals surface area contributed by atoms with Crippen LogP contribution in [0.3, 0.4) is 0 Å². The van der Waals surface area contributed by atoms with E-state index in [-0.39, 0.29) is 35.6 Å². The van der Waals surface area contributed by atoms with Gasteiger partial charge in [0.15, 0.2) is 0 Å². The molecule has 1 aliphatic carbocycles. The number of aliphatic hydroxyl groups excluding tert-OH is 1. The fourth-order valence-corrected chi connectivity index (χ4v) is 6.00. The number of rotatable bonds is 4. The van der Waals surface area contributed by atoms with E-state index in [1.54, 1.807) is 37.1 Å². The SMILES string of the molecule is CC(=O)N(C)C[C@@H]1Oc2cc(C#CC3CCCC3)ccc2S(=O)(=O)N([C@H](C)CO)C[C@@H]1C. The summed E-state index contributed by atoms with van der Waals surface area (Å²) in [6.07, 6.45) is 4.20. The molecular formula is C24H34N2O5S. The Kier molecular flexibility index (Phi) is 7.86. The van der Waals surface area contributed by atoms with Crippen LogP contribution in [-0.2, 0) is 14.8 Å². The van der Waals surface area contributed by atoms with Gasteiger partial charge in [0, 0.05) is 44.0 Å². The van der Waals surface area contributed by atoms with E-state index < -0.39 is 22.2 Å². The maximum atomic E-state index is 13.5. The predicted molar refractivity (Wildman–Crippen MR) is 123 cm³/mol. The Morgan fingerprint density at radius 2 is 2.03 bits per heavy atom. The van der Waals surface area contributed by atoms with Gasteiger partial charge in [0.25, 0.3) is 0 Å². The van der Waals surface area contributed by atoms with Gasteiger partial charge in [-0.1, -0.05) is 31.6 Å². The number of aliphatic hydroxyl groups is 1. The van der Waals surface area contributed by atoms with Crippen molar-refractivity contribution in [1.29, 1.82) is 0 Å². The number of carbonyl (C=O) groups is 1. The van der Waals surface area contributed by atoms with Crippen LogP contribution < -0.4 is 4.74 Å². The van der Waals surface area contributed by atoms with Crippen LogP contribution in [-0.4, -0.2) is 67.5 Å². The van der Waals surface area contributed by atoms with Gasteiger partial charge in [-0.05, 0) is 38.0 Å². The van der Waals surface area contributed by atoms with Crippen molar-refractivity contribution in [3.8, 4) is 17.6 Å². The monoisotopic (exact) mass is 462 g/mol. The molecule has 0 radical (unpaired) electrons. The second-order valence-corrected chi connectivity index (χ2v) is 10.9. The molecule has 3 rings (SSSR count). The lowest BCUT2D eigenvalue weighted by molar-refractivity contribution is -0.129. The maximum Gasteiger partial charge on any atom is 0.247 e. The minimum absolute atomic E-state index is 0.0617. The van der Waals surface area contributed by atoms with Crippen molar-refractivity contribution >= 4 is 15.9 Å². The highest BCUT2D eigenvalue weighted by Crippen LogP contribution is 2.34. The van der Waals surface area contributed by atoms with Crippen molar-refractivity contribution in [1.82, 2.24) is 9.21 Å². The van der Waals surface area contributed by atoms with Gasteiger partial charge in [-0.15, -0.1) is 0 Å². The summed E-state index contributed by atoms with van der Waals surface area (Å²) in [5.74, 6) is 6.83. The van der Waals surface area contributed by atoms with Crippen molar-refractivity contribution < 1.29 is 23.1 Å². The first-order valence-electron chi connectivity index (χ1n) is 11.3. The third kappa shape index (κ3) is 5.45. The van der Waals surface area contributed by atoms with Gasteiger partial charge in [0.05, 0.1) is 13.2 Å². The van der Waals surface area contributed by atoms with Crippen LogP contribution in [0.1, 0.15) is 52.0 Å². The summed E-state index contributed by atoms with van der Waals surface area (Å²) in [6.45, 7) is 5.30. The van der Waals surface area contributed by atoms with Crippen LogP contribution in [0.4, 0.5) is 0 Å². The lowest BCUT2D eigenvalue weighted by Gasteiger charge is -2.37. The van der Waals surface area contributed by atoms with Crippen molar-refractivity contribution in [3.63, 3.8) is 0 Å². The fraction of sp³-hybridized carbons (Fsp3) is 0.625. The Bertz CT molecular complexity index is 991. The molecule has 1 aliphatic heterocycles. The summed E-state index contributed by atoms with van der Waals surface area (Å²) in [6, 6.07) is 4.37. The van der Waals surface area contributed by atoms with Crippen LogP contribution in [0.5, 0.6) is 5.75 Å². The average Bonchev–Trinajstić information content (AvgIpc) is 3.27. The maximum absolute atomic E-state index is 13.5. The van der Waals surface area contributed by atoms with E-state index in [1.165, 1.54) is 24.1 Å². The van der Waals surface area contributed by atoms with E-state index in [0.717, 1.165) is 12.8 Å². The Labute approximate surface area is 191 Å². The quantitative estimate of drug-likeness (QED) is 0.695. The molecule has 32 heavy (non-hydrogen) atoms. The third-order valence-electron chi connectivity index (χ3n) is 6.43. The average molecular weight is 463 g/mol. The zero-order valence-corrected chi connectivity index (χ0v) is 20.2. The number of likely N-dealkylation sites (N-methyl/N-ethyl adjacent to an activating group) is 1. The van der Waals surface area contributed by atoms with Crippen LogP contribution in [0, 0.1) is 23.7 Å². The largest absolute Gasteiger partial charge is 0.487 e. The molecule has 0 spiro atoms. The summed E-state index contributed by atoms with van der Waals surface area (Å²) in [5.41, 5.74) is 0.708. The Morgan fingerprint density at radius 3 is 2.66 bits per heavy atom. The molecule has 1 saturated carbocycles. The van der Waals surface area contributed by atoms with Gasteiger partial charge >= 0.3 is 0 Å².